The summed E-state index contributed by atoms with van der Waals surface area (Å²) >= 11 is 0. The number of rotatable bonds is 3. The number of ether oxygens (including phenoxy) is 1. The van der Waals surface area contributed by atoms with Crippen molar-refractivity contribution in [2.24, 2.45) is 0 Å². The first-order valence-electron chi connectivity index (χ1n) is 6.42. The predicted molar refractivity (Wildman–Crippen MR) is 74.2 cm³/mol. The number of fused-ring (bicyclic) bond motifs is 1. The molecule has 0 amide bonds. The van der Waals surface area contributed by atoms with E-state index in [2.05, 4.69) is 23.3 Å². The number of hydrogen-bond acceptors (Lipinski definition) is 3. The number of pyridine rings is 1. The van der Waals surface area contributed by atoms with Crippen molar-refractivity contribution in [1.29, 1.82) is 0 Å². The van der Waals surface area contributed by atoms with E-state index in [1.807, 2.05) is 24.4 Å². The molecule has 1 aromatic carbocycles. The third kappa shape index (κ3) is 1.80. The highest BCUT2D eigenvalue weighted by Gasteiger charge is 2.32. The Morgan fingerprint density at radius 1 is 1.22 bits per heavy atom. The summed E-state index contributed by atoms with van der Waals surface area (Å²) in [6.45, 7) is 2.26. The van der Waals surface area contributed by atoms with Crippen LogP contribution in [-0.2, 0) is 0 Å². The molecule has 0 atom stereocenters. The molecule has 1 aromatic heterocycles. The summed E-state index contributed by atoms with van der Waals surface area (Å²) < 4.78 is 5.40. The summed E-state index contributed by atoms with van der Waals surface area (Å²) in [6.07, 6.45) is 5.58. The van der Waals surface area contributed by atoms with Crippen LogP contribution in [0.5, 0.6) is 5.75 Å². The second-order valence-electron chi connectivity index (χ2n) is 5.25. The maximum atomic E-state index is 5.40. The van der Waals surface area contributed by atoms with E-state index in [1.165, 1.54) is 19.3 Å². The highest BCUT2D eigenvalue weighted by Crippen LogP contribution is 2.37. The van der Waals surface area contributed by atoms with Gasteiger partial charge in [0.05, 0.1) is 7.11 Å². The van der Waals surface area contributed by atoms with E-state index >= 15 is 0 Å². The monoisotopic (exact) mass is 242 g/mol. The van der Waals surface area contributed by atoms with Crippen molar-refractivity contribution >= 4 is 16.6 Å². The van der Waals surface area contributed by atoms with Crippen LogP contribution in [0.15, 0.2) is 30.5 Å². The molecule has 2 aromatic rings. The lowest BCUT2D eigenvalue weighted by atomic mass is 9.78. The zero-order valence-electron chi connectivity index (χ0n) is 10.9. The Morgan fingerprint density at radius 2 is 2.06 bits per heavy atom. The summed E-state index contributed by atoms with van der Waals surface area (Å²) in [5, 5.41) is 5.82. The Bertz CT molecular complexity index is 576. The largest absolute Gasteiger partial charge is 0.496 e. The predicted octanol–water partition coefficient (Wildman–Crippen LogP) is 3.60. The van der Waals surface area contributed by atoms with E-state index in [0.717, 1.165) is 22.3 Å². The molecule has 3 rings (SSSR count). The fourth-order valence-corrected chi connectivity index (χ4v) is 2.57. The van der Waals surface area contributed by atoms with Crippen molar-refractivity contribution < 1.29 is 4.74 Å². The summed E-state index contributed by atoms with van der Waals surface area (Å²) in [5.74, 6) is 1.87. The number of nitrogens with zero attached hydrogens (tertiary/aromatic N) is 1. The van der Waals surface area contributed by atoms with E-state index in [0.29, 0.717) is 0 Å². The Labute approximate surface area is 107 Å². The molecule has 0 unspecified atom stereocenters. The minimum absolute atomic E-state index is 0.213. The molecule has 3 heteroatoms. The SMILES string of the molecule is COc1cccc2c(NC3(C)CCC3)nccc12. The lowest BCUT2D eigenvalue weighted by Crippen LogP contribution is -2.41. The topological polar surface area (TPSA) is 34.1 Å². The van der Waals surface area contributed by atoms with E-state index in [1.54, 1.807) is 7.11 Å². The van der Waals surface area contributed by atoms with Crippen LogP contribution in [0.1, 0.15) is 26.2 Å². The lowest BCUT2D eigenvalue weighted by molar-refractivity contribution is 0.306. The van der Waals surface area contributed by atoms with Gasteiger partial charge in [-0.2, -0.15) is 0 Å². The van der Waals surface area contributed by atoms with Crippen molar-refractivity contribution in [1.82, 2.24) is 4.98 Å². The maximum Gasteiger partial charge on any atom is 0.134 e. The van der Waals surface area contributed by atoms with Crippen molar-refractivity contribution in [3.05, 3.63) is 30.5 Å². The standard InChI is InChI=1S/C15H18N2O/c1-15(8-4-9-15)17-14-12-5-3-6-13(18-2)11(12)7-10-16-14/h3,5-7,10H,4,8-9H2,1-2H3,(H,16,17). The third-order valence-electron chi connectivity index (χ3n) is 3.86. The first kappa shape index (κ1) is 11.3. The molecule has 94 valence electrons. The molecule has 18 heavy (non-hydrogen) atoms. The van der Waals surface area contributed by atoms with Crippen LogP contribution in [0.4, 0.5) is 5.82 Å². The van der Waals surface area contributed by atoms with Gasteiger partial charge in [-0.3, -0.25) is 0 Å². The fraction of sp³-hybridized carbons (Fsp3) is 0.400. The first-order chi connectivity index (χ1) is 8.72. The van der Waals surface area contributed by atoms with Gasteiger partial charge in [0.2, 0.25) is 0 Å². The molecule has 1 aliphatic rings. The van der Waals surface area contributed by atoms with Gasteiger partial charge >= 0.3 is 0 Å². The average Bonchev–Trinajstić information content (AvgIpc) is 2.36. The minimum atomic E-state index is 0.213. The Kier molecular flexibility index (Phi) is 2.62. The molecule has 0 spiro atoms. The summed E-state index contributed by atoms with van der Waals surface area (Å²) in [6, 6.07) is 8.09. The number of nitrogens with one attached hydrogen (secondary N) is 1. The normalized spacial score (nSPS) is 17.2. The number of hydrogen-bond donors (Lipinski definition) is 1. The van der Waals surface area contributed by atoms with E-state index in [4.69, 9.17) is 4.74 Å². The van der Waals surface area contributed by atoms with Gasteiger partial charge in [-0.1, -0.05) is 12.1 Å². The summed E-state index contributed by atoms with van der Waals surface area (Å²) in [7, 11) is 1.70. The Morgan fingerprint density at radius 3 is 2.72 bits per heavy atom. The second kappa shape index (κ2) is 4.16. The number of aromatic nitrogens is 1. The highest BCUT2D eigenvalue weighted by atomic mass is 16.5. The molecular weight excluding hydrogens is 224 g/mol. The molecule has 1 N–H and O–H groups in total. The molecule has 1 fully saturated rings. The van der Waals surface area contributed by atoms with Crippen LogP contribution in [0.2, 0.25) is 0 Å². The molecule has 0 aliphatic heterocycles. The summed E-state index contributed by atoms with van der Waals surface area (Å²) in [4.78, 5) is 4.48. The van der Waals surface area contributed by atoms with E-state index in [9.17, 15) is 0 Å². The van der Waals surface area contributed by atoms with Gasteiger partial charge in [0, 0.05) is 22.5 Å². The molecule has 3 nitrogen and oxygen atoms in total. The molecule has 0 bridgehead atoms. The van der Waals surface area contributed by atoms with Crippen LogP contribution in [0.25, 0.3) is 10.8 Å². The minimum Gasteiger partial charge on any atom is -0.496 e. The van der Waals surface area contributed by atoms with Crippen molar-refractivity contribution in [2.75, 3.05) is 12.4 Å². The molecular formula is C15H18N2O. The zero-order valence-corrected chi connectivity index (χ0v) is 10.9. The van der Waals surface area contributed by atoms with Gasteiger partial charge < -0.3 is 10.1 Å². The fourth-order valence-electron chi connectivity index (χ4n) is 2.57. The van der Waals surface area contributed by atoms with Crippen molar-refractivity contribution in [3.8, 4) is 5.75 Å². The molecule has 0 radical (unpaired) electrons. The number of benzene rings is 1. The molecule has 1 aliphatic carbocycles. The first-order valence-corrected chi connectivity index (χ1v) is 6.42. The number of anilines is 1. The van der Waals surface area contributed by atoms with Crippen LogP contribution in [-0.4, -0.2) is 17.6 Å². The zero-order chi connectivity index (χ0) is 12.6. The Hall–Kier alpha value is -1.77. The van der Waals surface area contributed by atoms with Gasteiger partial charge in [0.15, 0.2) is 0 Å². The van der Waals surface area contributed by atoms with Gasteiger partial charge in [-0.25, -0.2) is 4.98 Å². The van der Waals surface area contributed by atoms with Crippen LogP contribution < -0.4 is 10.1 Å². The van der Waals surface area contributed by atoms with Gasteiger partial charge in [-0.15, -0.1) is 0 Å². The third-order valence-corrected chi connectivity index (χ3v) is 3.86. The molecule has 0 saturated heterocycles. The van der Waals surface area contributed by atoms with Crippen molar-refractivity contribution in [3.63, 3.8) is 0 Å². The molecule has 1 saturated carbocycles. The van der Waals surface area contributed by atoms with Crippen LogP contribution >= 0.6 is 0 Å². The second-order valence-corrected chi connectivity index (χ2v) is 5.25. The van der Waals surface area contributed by atoms with Crippen LogP contribution in [0.3, 0.4) is 0 Å². The lowest BCUT2D eigenvalue weighted by Gasteiger charge is -2.39. The van der Waals surface area contributed by atoms with Gasteiger partial charge in [-0.05, 0) is 38.3 Å². The van der Waals surface area contributed by atoms with E-state index in [-0.39, 0.29) is 5.54 Å². The van der Waals surface area contributed by atoms with Gasteiger partial charge in [0.1, 0.15) is 11.6 Å². The summed E-state index contributed by atoms with van der Waals surface area (Å²) in [5.41, 5.74) is 0.213. The molecule has 1 heterocycles. The van der Waals surface area contributed by atoms with Gasteiger partial charge in [0.25, 0.3) is 0 Å². The van der Waals surface area contributed by atoms with E-state index < -0.39 is 0 Å². The quantitative estimate of drug-likeness (QED) is 0.893. The average molecular weight is 242 g/mol. The highest BCUT2D eigenvalue weighted by molar-refractivity contribution is 5.96. The Balaban J connectivity index is 2.06. The number of methoxy groups -OCH3 is 1. The van der Waals surface area contributed by atoms with Crippen LogP contribution in [0, 0.1) is 0 Å². The van der Waals surface area contributed by atoms with Crippen molar-refractivity contribution in [2.45, 2.75) is 31.7 Å². The maximum absolute atomic E-state index is 5.40. The smallest absolute Gasteiger partial charge is 0.134 e.